The smallest absolute Gasteiger partial charge is 0.242 e. The number of rotatable bonds is 9. The summed E-state index contributed by atoms with van der Waals surface area (Å²) in [6.45, 7) is 1.61. The summed E-state index contributed by atoms with van der Waals surface area (Å²) in [6.07, 6.45) is 1.57. The van der Waals surface area contributed by atoms with Gasteiger partial charge in [-0.3, -0.25) is 18.9 Å². The summed E-state index contributed by atoms with van der Waals surface area (Å²) in [5, 5.41) is 2.88. The lowest BCUT2D eigenvalue weighted by Gasteiger charge is -2.23. The number of nitrogens with zero attached hydrogens (tertiary/aromatic N) is 3. The summed E-state index contributed by atoms with van der Waals surface area (Å²) in [6, 6.07) is 10.00. The third kappa shape index (κ3) is 5.56. The van der Waals surface area contributed by atoms with Crippen LogP contribution in [0.4, 0.5) is 17.1 Å². The molecule has 0 fully saturated rings. The van der Waals surface area contributed by atoms with Crippen molar-refractivity contribution >= 4 is 44.6 Å². The van der Waals surface area contributed by atoms with Crippen molar-refractivity contribution in [3.8, 4) is 11.5 Å². The van der Waals surface area contributed by atoms with Crippen LogP contribution < -0.4 is 19.1 Å². The van der Waals surface area contributed by atoms with E-state index >= 15 is 0 Å². The van der Waals surface area contributed by atoms with E-state index in [-0.39, 0.29) is 18.4 Å². The van der Waals surface area contributed by atoms with Gasteiger partial charge in [-0.2, -0.15) is 0 Å². The fraction of sp³-hybridized carbons (Fsp3) is 0.375. The van der Waals surface area contributed by atoms with E-state index in [4.69, 9.17) is 14.5 Å². The standard InChI is InChI=1S/C24H30N4O6S/c1-7-18(23-17-12-20(33-4)21(34-5)13-19(17)26-24(23)30)25-15-8-10-16(11-9-15)28(35(6,31)32)14-22(29)27(2)3/h8-13,23H,7,14H2,1-6H3,(H,26,30). The predicted molar refractivity (Wildman–Crippen MR) is 136 cm³/mol. The van der Waals surface area contributed by atoms with Gasteiger partial charge in [0.1, 0.15) is 12.5 Å². The number of likely N-dealkylation sites (N-methyl/N-ethyl adjacent to an activating group) is 1. The second-order valence-corrected chi connectivity index (χ2v) is 10.2. The molecule has 3 rings (SSSR count). The SMILES string of the molecule is CCC(=Nc1ccc(N(CC(=O)N(C)C)S(C)(=O)=O)cc1)C1C(=O)Nc2cc(OC)c(OC)cc21. The van der Waals surface area contributed by atoms with Crippen LogP contribution in [0.15, 0.2) is 41.4 Å². The fourth-order valence-electron chi connectivity index (χ4n) is 3.79. The highest BCUT2D eigenvalue weighted by molar-refractivity contribution is 7.92. The monoisotopic (exact) mass is 502 g/mol. The summed E-state index contributed by atoms with van der Waals surface area (Å²) in [5.74, 6) is -0.108. The van der Waals surface area contributed by atoms with Gasteiger partial charge in [0, 0.05) is 31.6 Å². The first kappa shape index (κ1) is 26.0. The summed E-state index contributed by atoms with van der Waals surface area (Å²) >= 11 is 0. The summed E-state index contributed by atoms with van der Waals surface area (Å²) < 4.78 is 36.3. The van der Waals surface area contributed by atoms with E-state index in [1.54, 1.807) is 50.5 Å². The Balaban J connectivity index is 1.95. The average Bonchev–Trinajstić information content (AvgIpc) is 3.13. The molecular weight excluding hydrogens is 472 g/mol. The Morgan fingerprint density at radius 1 is 1.09 bits per heavy atom. The molecule has 0 saturated heterocycles. The van der Waals surface area contributed by atoms with Gasteiger partial charge in [-0.1, -0.05) is 6.92 Å². The Labute approximate surface area is 205 Å². The van der Waals surface area contributed by atoms with Crippen LogP contribution in [-0.4, -0.2) is 72.0 Å². The van der Waals surface area contributed by atoms with E-state index in [2.05, 4.69) is 5.32 Å². The van der Waals surface area contributed by atoms with Gasteiger partial charge >= 0.3 is 0 Å². The van der Waals surface area contributed by atoms with Crippen LogP contribution in [0, 0.1) is 0 Å². The number of sulfonamides is 1. The first-order valence-corrected chi connectivity index (χ1v) is 12.8. The number of hydrogen-bond donors (Lipinski definition) is 1. The summed E-state index contributed by atoms with van der Waals surface area (Å²) in [7, 11) is 2.52. The van der Waals surface area contributed by atoms with Crippen LogP contribution >= 0.6 is 0 Å². The van der Waals surface area contributed by atoms with Crippen LogP contribution in [0.2, 0.25) is 0 Å². The molecule has 10 nitrogen and oxygen atoms in total. The van der Waals surface area contributed by atoms with Crippen molar-refractivity contribution in [1.29, 1.82) is 0 Å². The van der Waals surface area contributed by atoms with Crippen LogP contribution in [0.3, 0.4) is 0 Å². The molecule has 1 heterocycles. The molecule has 35 heavy (non-hydrogen) atoms. The van der Waals surface area contributed by atoms with Crippen LogP contribution in [0.5, 0.6) is 11.5 Å². The number of methoxy groups -OCH3 is 2. The second-order valence-electron chi connectivity index (χ2n) is 8.25. The maximum atomic E-state index is 12.8. The molecule has 0 saturated carbocycles. The van der Waals surface area contributed by atoms with Crippen LogP contribution in [0.1, 0.15) is 24.8 Å². The lowest BCUT2D eigenvalue weighted by atomic mass is 9.93. The van der Waals surface area contributed by atoms with Gasteiger partial charge in [-0.05, 0) is 42.3 Å². The number of nitrogens with one attached hydrogen (secondary N) is 1. The molecule has 11 heteroatoms. The zero-order valence-electron chi connectivity index (χ0n) is 20.7. The van der Waals surface area contributed by atoms with Gasteiger partial charge in [-0.25, -0.2) is 8.42 Å². The average molecular weight is 503 g/mol. The largest absolute Gasteiger partial charge is 0.493 e. The zero-order valence-corrected chi connectivity index (χ0v) is 21.5. The van der Waals surface area contributed by atoms with Crippen molar-refractivity contribution in [2.45, 2.75) is 19.3 Å². The number of carbonyl (C=O) groups excluding carboxylic acids is 2. The van der Waals surface area contributed by atoms with E-state index in [0.29, 0.717) is 40.7 Å². The molecule has 0 radical (unpaired) electrons. The highest BCUT2D eigenvalue weighted by atomic mass is 32.2. The van der Waals surface area contributed by atoms with Crippen molar-refractivity contribution < 1.29 is 27.5 Å². The maximum Gasteiger partial charge on any atom is 0.242 e. The quantitative estimate of drug-likeness (QED) is 0.527. The lowest BCUT2D eigenvalue weighted by molar-refractivity contribution is -0.127. The predicted octanol–water partition coefficient (Wildman–Crippen LogP) is 2.78. The number of ether oxygens (including phenoxy) is 2. The van der Waals surface area contributed by atoms with Crippen molar-refractivity contribution in [2.75, 3.05) is 50.7 Å². The third-order valence-corrected chi connectivity index (χ3v) is 6.81. The molecule has 0 aliphatic carbocycles. The Hall–Kier alpha value is -3.60. The molecule has 1 N–H and O–H groups in total. The lowest BCUT2D eigenvalue weighted by Crippen LogP contribution is -2.39. The molecule has 2 aromatic rings. The van der Waals surface area contributed by atoms with Gasteiger partial charge in [0.15, 0.2) is 11.5 Å². The Morgan fingerprint density at radius 3 is 2.20 bits per heavy atom. The number of fused-ring (bicyclic) bond motifs is 1. The van der Waals surface area contributed by atoms with Crippen LogP contribution in [-0.2, 0) is 19.6 Å². The molecule has 0 aromatic heterocycles. The fourth-order valence-corrected chi connectivity index (χ4v) is 4.64. The minimum atomic E-state index is -3.68. The maximum absolute atomic E-state index is 12.8. The third-order valence-electron chi connectivity index (χ3n) is 5.67. The summed E-state index contributed by atoms with van der Waals surface area (Å²) in [5.41, 5.74) is 2.93. The number of anilines is 2. The first-order valence-electron chi connectivity index (χ1n) is 10.9. The van der Waals surface area contributed by atoms with Gasteiger partial charge in [0.25, 0.3) is 0 Å². The van der Waals surface area contributed by atoms with Crippen molar-refractivity contribution in [1.82, 2.24) is 4.90 Å². The van der Waals surface area contributed by atoms with E-state index in [0.717, 1.165) is 16.1 Å². The highest BCUT2D eigenvalue weighted by Gasteiger charge is 2.35. The summed E-state index contributed by atoms with van der Waals surface area (Å²) in [4.78, 5) is 31.0. The molecule has 188 valence electrons. The van der Waals surface area contributed by atoms with Crippen LogP contribution in [0.25, 0.3) is 0 Å². The molecule has 0 bridgehead atoms. The van der Waals surface area contributed by atoms with Gasteiger partial charge < -0.3 is 19.7 Å². The molecule has 1 aliphatic heterocycles. The van der Waals surface area contributed by atoms with E-state index in [1.807, 2.05) is 6.92 Å². The molecule has 1 aliphatic rings. The topological polar surface area (TPSA) is 118 Å². The van der Waals surface area contributed by atoms with E-state index in [1.165, 1.54) is 19.1 Å². The molecule has 1 atom stereocenters. The van der Waals surface area contributed by atoms with E-state index in [9.17, 15) is 18.0 Å². The number of benzene rings is 2. The Kier molecular flexibility index (Phi) is 7.69. The second kappa shape index (κ2) is 10.3. The van der Waals surface area contributed by atoms with E-state index < -0.39 is 15.9 Å². The molecule has 2 amide bonds. The van der Waals surface area contributed by atoms with Crippen molar-refractivity contribution in [2.24, 2.45) is 4.99 Å². The molecule has 0 spiro atoms. The van der Waals surface area contributed by atoms with Crippen molar-refractivity contribution in [3.05, 3.63) is 42.0 Å². The zero-order chi connectivity index (χ0) is 25.9. The molecule has 1 unspecified atom stereocenters. The van der Waals surface area contributed by atoms with Gasteiger partial charge in [0.05, 0.1) is 31.9 Å². The molecule has 2 aromatic carbocycles. The normalized spacial score (nSPS) is 15.3. The Bertz CT molecular complexity index is 1260. The first-order chi connectivity index (χ1) is 16.5. The highest BCUT2D eigenvalue weighted by Crippen LogP contribution is 2.42. The van der Waals surface area contributed by atoms with Gasteiger partial charge in [-0.15, -0.1) is 0 Å². The minimum absolute atomic E-state index is 0.196. The van der Waals surface area contributed by atoms with Crippen molar-refractivity contribution in [3.63, 3.8) is 0 Å². The van der Waals surface area contributed by atoms with Gasteiger partial charge in [0.2, 0.25) is 21.8 Å². The Morgan fingerprint density at radius 2 is 1.69 bits per heavy atom. The number of amides is 2. The molecular formula is C24H30N4O6S. The minimum Gasteiger partial charge on any atom is -0.493 e. The number of carbonyl (C=O) groups is 2. The number of aliphatic imine (C=N–C) groups is 1. The number of hydrogen-bond acceptors (Lipinski definition) is 7.